The number of fused-ring (bicyclic) bond motifs is 2. The van der Waals surface area contributed by atoms with Crippen LogP contribution in [0.15, 0.2) is 34.2 Å². The van der Waals surface area contributed by atoms with E-state index >= 15 is 0 Å². The van der Waals surface area contributed by atoms with Crippen molar-refractivity contribution in [2.24, 2.45) is 4.99 Å². The van der Waals surface area contributed by atoms with Gasteiger partial charge in [0.05, 0.1) is 56.9 Å². The average molecular weight is 643 g/mol. The summed E-state index contributed by atoms with van der Waals surface area (Å²) in [5, 5.41) is 0.487. The Morgan fingerprint density at radius 3 is 1.73 bits per heavy atom. The van der Waals surface area contributed by atoms with E-state index in [9.17, 15) is 18.0 Å². The molecule has 0 saturated carbocycles. The minimum Gasteiger partial charge on any atom is -0.388 e. The fourth-order valence-electron chi connectivity index (χ4n) is 3.97. The Kier molecular flexibility index (Phi) is 12.5. The predicted octanol–water partition coefficient (Wildman–Crippen LogP) is 5.06. The number of nitrogens with zero attached hydrogens (tertiary/aromatic N) is 3. The summed E-state index contributed by atoms with van der Waals surface area (Å²) in [4.78, 5) is 20.8. The number of halogens is 5. The molecule has 9 nitrogen and oxygen atoms in total. The first-order valence-electron chi connectivity index (χ1n) is 12.4. The molecule has 0 fully saturated rings. The van der Waals surface area contributed by atoms with Crippen LogP contribution in [-0.4, -0.2) is 93.2 Å². The molecule has 1 aliphatic rings. The van der Waals surface area contributed by atoms with Crippen molar-refractivity contribution in [2.75, 3.05) is 90.8 Å². The number of carbonyl (C=O) groups excluding carboxylic acids is 1. The summed E-state index contributed by atoms with van der Waals surface area (Å²) >= 11 is 13.3. The van der Waals surface area contributed by atoms with Crippen LogP contribution in [0.1, 0.15) is 0 Å². The van der Waals surface area contributed by atoms with Crippen LogP contribution in [0.4, 0.5) is 30.2 Å². The molecule has 0 aliphatic carbocycles. The second-order valence-corrected chi connectivity index (χ2v) is 11.1. The lowest BCUT2D eigenvalue weighted by Gasteiger charge is -2.27. The van der Waals surface area contributed by atoms with Gasteiger partial charge >= 0.3 is 12.1 Å². The molecule has 1 unspecified atom stereocenters. The Bertz CT molecular complexity index is 1330. The van der Waals surface area contributed by atoms with Crippen LogP contribution in [0, 0.1) is 4.51 Å². The highest BCUT2D eigenvalue weighted by molar-refractivity contribution is 8.05. The minimum absolute atomic E-state index is 0.158. The Morgan fingerprint density at radius 2 is 1.27 bits per heavy atom. The summed E-state index contributed by atoms with van der Waals surface area (Å²) in [7, 11) is 4.35. The molecule has 1 heterocycles. The summed E-state index contributed by atoms with van der Waals surface area (Å²) in [6, 6.07) is 6.54. The fourth-order valence-corrected chi connectivity index (χ4v) is 6.38. The Hall–Kier alpha value is -2.13. The summed E-state index contributed by atoms with van der Waals surface area (Å²) in [6.07, 6.45) is -5.23. The molecule has 0 aromatic heterocycles. The maximum Gasteiger partial charge on any atom is 0.492 e. The molecule has 41 heavy (non-hydrogen) atoms. The van der Waals surface area contributed by atoms with Crippen LogP contribution in [0.2, 0.25) is 10.0 Å². The molecular weight excluding hydrogens is 610 g/mol. The highest BCUT2D eigenvalue weighted by Gasteiger charge is 2.42. The van der Waals surface area contributed by atoms with Crippen molar-refractivity contribution < 1.29 is 41.1 Å². The van der Waals surface area contributed by atoms with Crippen molar-refractivity contribution >= 4 is 57.0 Å². The number of ether oxygens (including phenoxy) is 4. The number of hydrogen-bond donors (Lipinski definition) is 0. The van der Waals surface area contributed by atoms with Crippen LogP contribution in [0.3, 0.4) is 0 Å². The Morgan fingerprint density at radius 1 is 0.805 bits per heavy atom. The average Bonchev–Trinajstić information content (AvgIpc) is 2.93. The smallest absolute Gasteiger partial charge is 0.388 e. The van der Waals surface area contributed by atoms with Gasteiger partial charge in [0.25, 0.3) is 0 Å². The topological polar surface area (TPSA) is 82.1 Å². The van der Waals surface area contributed by atoms with Gasteiger partial charge in [-0.3, -0.25) is 0 Å². The molecular formula is C26H32Cl2F3N3O6S. The van der Waals surface area contributed by atoms with Gasteiger partial charge < -0.3 is 32.9 Å². The molecule has 1 atom stereocenters. The van der Waals surface area contributed by atoms with E-state index in [0.29, 0.717) is 64.0 Å². The first-order valence-corrected chi connectivity index (χ1v) is 14.3. The third-order valence-corrected chi connectivity index (χ3v) is 8.35. The largest absolute Gasteiger partial charge is 0.492 e. The number of anilines is 2. The predicted molar refractivity (Wildman–Crippen MR) is 152 cm³/mol. The lowest BCUT2D eigenvalue weighted by molar-refractivity contribution is -0.188. The SMILES string of the molecule is COCCN(CCOC)c1cc(Cl)c2c(c1)S(OC(=O)C(F)(F)F)=c1cc(N(CCOC)CCOC)cc(Cl)c1=N2. The maximum atomic E-state index is 13.5. The van der Waals surface area contributed by atoms with E-state index in [1.807, 2.05) is 9.80 Å². The number of methoxy groups -OCH3 is 4. The number of alkyl halides is 3. The Labute approximate surface area is 248 Å². The van der Waals surface area contributed by atoms with Gasteiger partial charge in [0.2, 0.25) is 0 Å². The van der Waals surface area contributed by atoms with Crippen LogP contribution in [-0.2, 0) is 27.9 Å². The lowest BCUT2D eigenvalue weighted by atomic mass is 10.2. The zero-order valence-corrected chi connectivity index (χ0v) is 25.4. The first-order chi connectivity index (χ1) is 19.5. The van der Waals surface area contributed by atoms with Crippen molar-refractivity contribution in [3.8, 4) is 0 Å². The van der Waals surface area contributed by atoms with Crippen molar-refractivity contribution in [1.29, 1.82) is 0 Å². The first kappa shape index (κ1) is 33.4. The van der Waals surface area contributed by atoms with E-state index < -0.39 is 22.9 Å². The van der Waals surface area contributed by atoms with E-state index in [1.165, 1.54) is 0 Å². The fraction of sp³-hybridized carbons (Fsp3) is 0.500. The summed E-state index contributed by atoms with van der Waals surface area (Å²) in [6.45, 7) is 3.28. The molecule has 0 N–H and O–H groups in total. The summed E-state index contributed by atoms with van der Waals surface area (Å²) in [5.74, 6) is -2.34. The van der Waals surface area contributed by atoms with E-state index in [0.717, 1.165) is 0 Å². The molecule has 0 amide bonds. The molecule has 2 aromatic carbocycles. The lowest BCUT2D eigenvalue weighted by Crippen LogP contribution is -2.31. The normalized spacial score (nSPS) is 14.2. The third kappa shape index (κ3) is 8.46. The molecule has 0 spiro atoms. The van der Waals surface area contributed by atoms with E-state index in [1.54, 1.807) is 52.7 Å². The van der Waals surface area contributed by atoms with Crippen molar-refractivity contribution in [1.82, 2.24) is 0 Å². The van der Waals surface area contributed by atoms with Crippen LogP contribution in [0.25, 0.3) is 0 Å². The van der Waals surface area contributed by atoms with E-state index in [-0.39, 0.29) is 30.5 Å². The van der Waals surface area contributed by atoms with Crippen molar-refractivity contribution in [3.63, 3.8) is 0 Å². The Balaban J connectivity index is 2.29. The van der Waals surface area contributed by atoms with Crippen molar-refractivity contribution in [3.05, 3.63) is 44.2 Å². The van der Waals surface area contributed by atoms with Crippen LogP contribution >= 0.6 is 34.0 Å². The number of benzene rings is 2. The van der Waals surface area contributed by atoms with Gasteiger partial charge in [0, 0.05) is 76.8 Å². The van der Waals surface area contributed by atoms with E-state index in [2.05, 4.69) is 4.99 Å². The van der Waals surface area contributed by atoms with Crippen LogP contribution in [0.5, 0.6) is 0 Å². The molecule has 0 bridgehead atoms. The molecule has 15 heteroatoms. The van der Waals surface area contributed by atoms with Gasteiger partial charge in [-0.25, -0.2) is 9.79 Å². The standard InChI is InChI=1S/C26H32Cl2F3N3O6S/c1-36-9-5-33(6-10-37-2)17-13-19(27)23-21(15-17)41(40-25(35)26(29,30)31)22-16-18(14-20(28)24(22)32-23)34(7-11-38-3)8-12-39-4/h13-16H,5-12H2,1-4H3. The summed E-state index contributed by atoms with van der Waals surface area (Å²) in [5.41, 5.74) is 1.32. The van der Waals surface area contributed by atoms with Crippen molar-refractivity contribution in [2.45, 2.75) is 11.1 Å². The highest BCUT2D eigenvalue weighted by Crippen LogP contribution is 2.47. The number of hydrogen-bond acceptors (Lipinski definition) is 9. The monoisotopic (exact) mass is 641 g/mol. The van der Waals surface area contributed by atoms with E-state index in [4.69, 9.17) is 46.3 Å². The molecule has 2 aromatic rings. The molecule has 1 aliphatic heterocycles. The zero-order chi connectivity index (χ0) is 30.2. The second kappa shape index (κ2) is 15.4. The molecule has 0 saturated heterocycles. The van der Waals surface area contributed by atoms with Gasteiger partial charge in [-0.1, -0.05) is 23.2 Å². The van der Waals surface area contributed by atoms with Gasteiger partial charge in [-0.05, 0) is 24.3 Å². The molecule has 3 rings (SSSR count). The number of rotatable bonds is 15. The maximum absolute atomic E-state index is 13.5. The van der Waals surface area contributed by atoms with Gasteiger partial charge in [-0.2, -0.15) is 13.2 Å². The van der Waals surface area contributed by atoms with Crippen LogP contribution < -0.4 is 15.2 Å². The zero-order valence-electron chi connectivity index (χ0n) is 23.1. The quantitative estimate of drug-likeness (QED) is 0.250. The third-order valence-electron chi connectivity index (χ3n) is 6.03. The summed E-state index contributed by atoms with van der Waals surface area (Å²) < 4.78 is 66.6. The minimum atomic E-state index is -5.23. The number of carbonyl (C=O) groups is 1. The van der Waals surface area contributed by atoms with Gasteiger partial charge in [0.15, 0.2) is 0 Å². The van der Waals surface area contributed by atoms with Gasteiger partial charge in [0.1, 0.15) is 0 Å². The van der Waals surface area contributed by atoms with Gasteiger partial charge in [-0.15, -0.1) is 0 Å². The highest BCUT2D eigenvalue weighted by atomic mass is 35.5. The molecule has 0 radical (unpaired) electrons. The molecule has 228 valence electrons. The second-order valence-electron chi connectivity index (χ2n) is 8.74.